The van der Waals surface area contributed by atoms with E-state index in [2.05, 4.69) is 10.1 Å². The summed E-state index contributed by atoms with van der Waals surface area (Å²) in [5, 5.41) is 3.51. The molecule has 0 aliphatic carbocycles. The molecule has 0 saturated carbocycles. The molecule has 0 spiro atoms. The summed E-state index contributed by atoms with van der Waals surface area (Å²) >= 11 is 0. The lowest BCUT2D eigenvalue weighted by molar-refractivity contribution is -0.141. The van der Waals surface area contributed by atoms with Crippen molar-refractivity contribution in [2.45, 2.75) is 19.0 Å². The Bertz CT molecular complexity index is 654. The van der Waals surface area contributed by atoms with Crippen molar-refractivity contribution in [3.63, 3.8) is 0 Å². The average Bonchev–Trinajstić information content (AvgIpc) is 2.83. The Morgan fingerprint density at radius 3 is 2.55 bits per heavy atom. The first kappa shape index (κ1) is 12.9. The number of fused-ring (bicyclic) bond motifs is 1. The predicted molar refractivity (Wildman–Crippen MR) is 64.4 cm³/mol. The molecule has 3 rings (SSSR count). The van der Waals surface area contributed by atoms with Gasteiger partial charge in [-0.05, 0) is 0 Å². The Kier molecular flexibility index (Phi) is 2.88. The van der Waals surface area contributed by atoms with Gasteiger partial charge >= 0.3 is 6.18 Å². The minimum absolute atomic E-state index is 0.165. The summed E-state index contributed by atoms with van der Waals surface area (Å²) < 4.78 is 39.3. The van der Waals surface area contributed by atoms with Gasteiger partial charge in [-0.25, -0.2) is 9.50 Å². The first-order chi connectivity index (χ1) is 9.45. The molecule has 0 atom stereocenters. The van der Waals surface area contributed by atoms with Crippen LogP contribution < -0.4 is 4.90 Å². The zero-order chi connectivity index (χ0) is 14.3. The highest BCUT2D eigenvalue weighted by atomic mass is 19.4. The third-order valence-corrected chi connectivity index (χ3v) is 3.28. The van der Waals surface area contributed by atoms with Gasteiger partial charge in [-0.15, -0.1) is 0 Å². The van der Waals surface area contributed by atoms with Gasteiger partial charge in [0.1, 0.15) is 11.3 Å². The summed E-state index contributed by atoms with van der Waals surface area (Å²) in [5.74, 6) is 0.598. The van der Waals surface area contributed by atoms with Gasteiger partial charge in [-0.1, -0.05) is 0 Å². The molecule has 0 bridgehead atoms. The third kappa shape index (κ3) is 2.21. The fourth-order valence-corrected chi connectivity index (χ4v) is 2.26. The van der Waals surface area contributed by atoms with E-state index in [4.69, 9.17) is 0 Å². The van der Waals surface area contributed by atoms with Crippen LogP contribution in [0.2, 0.25) is 0 Å². The van der Waals surface area contributed by atoms with E-state index in [1.54, 1.807) is 0 Å². The Balaban J connectivity index is 2.03. The smallest absolute Gasteiger partial charge is 0.354 e. The SMILES string of the molecule is O=C1CCN(c2nccn3nc(C(F)(F)F)cc23)CC1. The molecule has 1 aliphatic rings. The molecule has 20 heavy (non-hydrogen) atoms. The van der Waals surface area contributed by atoms with Crippen LogP contribution in [0.1, 0.15) is 18.5 Å². The van der Waals surface area contributed by atoms with Crippen LogP contribution in [0.25, 0.3) is 5.52 Å². The minimum atomic E-state index is -4.48. The van der Waals surface area contributed by atoms with Crippen LogP contribution in [0.15, 0.2) is 18.5 Å². The van der Waals surface area contributed by atoms with Crippen molar-refractivity contribution in [3.8, 4) is 0 Å². The van der Waals surface area contributed by atoms with Gasteiger partial charge in [0, 0.05) is 44.4 Å². The van der Waals surface area contributed by atoms with Gasteiger partial charge in [0.05, 0.1) is 0 Å². The lowest BCUT2D eigenvalue weighted by Gasteiger charge is -2.27. The molecule has 2 aromatic heterocycles. The summed E-state index contributed by atoms with van der Waals surface area (Å²) in [5.41, 5.74) is -0.644. The summed E-state index contributed by atoms with van der Waals surface area (Å²) in [7, 11) is 0. The van der Waals surface area contributed by atoms with Crippen molar-refractivity contribution in [2.24, 2.45) is 0 Å². The molecule has 1 aliphatic heterocycles. The van der Waals surface area contributed by atoms with Gasteiger partial charge in [0.2, 0.25) is 0 Å². The van der Waals surface area contributed by atoms with Crippen LogP contribution >= 0.6 is 0 Å². The van der Waals surface area contributed by atoms with Crippen molar-refractivity contribution in [3.05, 3.63) is 24.2 Å². The van der Waals surface area contributed by atoms with Crippen LogP contribution in [0.5, 0.6) is 0 Å². The summed E-state index contributed by atoms with van der Waals surface area (Å²) in [6.45, 7) is 0.941. The third-order valence-electron chi connectivity index (χ3n) is 3.28. The van der Waals surface area contributed by atoms with Crippen LogP contribution in [-0.2, 0) is 11.0 Å². The van der Waals surface area contributed by atoms with Crippen molar-refractivity contribution < 1.29 is 18.0 Å². The van der Waals surface area contributed by atoms with E-state index in [0.29, 0.717) is 37.3 Å². The number of rotatable bonds is 1. The number of hydrogen-bond acceptors (Lipinski definition) is 4. The normalized spacial score (nSPS) is 16.9. The number of piperidine rings is 1. The fourth-order valence-electron chi connectivity index (χ4n) is 2.26. The monoisotopic (exact) mass is 284 g/mol. The molecule has 0 N–H and O–H groups in total. The highest BCUT2D eigenvalue weighted by Gasteiger charge is 2.34. The Labute approximate surface area is 112 Å². The molecule has 2 aromatic rings. The van der Waals surface area contributed by atoms with Gasteiger partial charge in [-0.2, -0.15) is 18.3 Å². The van der Waals surface area contributed by atoms with Gasteiger partial charge in [0.15, 0.2) is 11.5 Å². The van der Waals surface area contributed by atoms with Crippen LogP contribution in [-0.4, -0.2) is 33.5 Å². The second-order valence-electron chi connectivity index (χ2n) is 4.63. The lowest BCUT2D eigenvalue weighted by Crippen LogP contribution is -2.34. The van der Waals surface area contributed by atoms with Crippen LogP contribution in [0.3, 0.4) is 0 Å². The number of nitrogens with zero attached hydrogens (tertiary/aromatic N) is 4. The van der Waals surface area contributed by atoms with E-state index in [0.717, 1.165) is 6.07 Å². The number of carbonyl (C=O) groups is 1. The molecule has 8 heteroatoms. The molecule has 0 aromatic carbocycles. The van der Waals surface area contributed by atoms with E-state index >= 15 is 0 Å². The summed E-state index contributed by atoms with van der Waals surface area (Å²) in [4.78, 5) is 17.2. The largest absolute Gasteiger partial charge is 0.435 e. The second kappa shape index (κ2) is 4.46. The molecule has 0 amide bonds. The Morgan fingerprint density at radius 1 is 1.20 bits per heavy atom. The first-order valence-electron chi connectivity index (χ1n) is 6.13. The van der Waals surface area contributed by atoms with Gasteiger partial charge < -0.3 is 4.90 Å². The highest BCUT2D eigenvalue weighted by Crippen LogP contribution is 2.31. The van der Waals surface area contributed by atoms with E-state index in [1.165, 1.54) is 16.9 Å². The maximum absolute atomic E-state index is 12.7. The number of aromatic nitrogens is 3. The fraction of sp³-hybridized carbons (Fsp3) is 0.417. The lowest BCUT2D eigenvalue weighted by atomic mass is 10.1. The molecule has 1 saturated heterocycles. The predicted octanol–water partition coefficient (Wildman–Crippen LogP) is 1.92. The molecule has 0 radical (unpaired) electrons. The zero-order valence-corrected chi connectivity index (χ0v) is 10.4. The minimum Gasteiger partial charge on any atom is -0.354 e. The number of alkyl halides is 3. The molecular weight excluding hydrogens is 273 g/mol. The second-order valence-corrected chi connectivity index (χ2v) is 4.63. The topological polar surface area (TPSA) is 50.5 Å². The van der Waals surface area contributed by atoms with Crippen LogP contribution in [0, 0.1) is 0 Å². The maximum atomic E-state index is 12.7. The average molecular weight is 284 g/mol. The molecule has 106 valence electrons. The summed E-state index contributed by atoms with van der Waals surface area (Å²) in [6, 6.07) is 0.985. The summed E-state index contributed by atoms with van der Waals surface area (Å²) in [6.07, 6.45) is -0.914. The van der Waals surface area contributed by atoms with Crippen molar-refractivity contribution >= 4 is 17.1 Å². The Morgan fingerprint density at radius 2 is 1.90 bits per heavy atom. The van der Waals surface area contributed by atoms with E-state index < -0.39 is 11.9 Å². The zero-order valence-electron chi connectivity index (χ0n) is 10.4. The quantitative estimate of drug-likeness (QED) is 0.802. The molecule has 0 unspecified atom stereocenters. The van der Waals surface area contributed by atoms with Crippen molar-refractivity contribution in [1.82, 2.24) is 14.6 Å². The number of halogens is 3. The molecule has 5 nitrogen and oxygen atoms in total. The number of ketones is 1. The van der Waals surface area contributed by atoms with Gasteiger partial charge in [-0.3, -0.25) is 4.79 Å². The number of Topliss-reactive ketones (excluding diaryl/α,β-unsaturated/α-hetero) is 1. The van der Waals surface area contributed by atoms with E-state index in [9.17, 15) is 18.0 Å². The highest BCUT2D eigenvalue weighted by molar-refractivity contribution is 5.82. The molecular formula is C12H11F3N4O. The van der Waals surface area contributed by atoms with Crippen molar-refractivity contribution in [1.29, 1.82) is 0 Å². The number of carbonyl (C=O) groups excluding carboxylic acids is 1. The molecule has 1 fully saturated rings. The maximum Gasteiger partial charge on any atom is 0.435 e. The van der Waals surface area contributed by atoms with Crippen LogP contribution in [0.4, 0.5) is 19.0 Å². The molecule has 3 heterocycles. The number of hydrogen-bond donors (Lipinski definition) is 0. The van der Waals surface area contributed by atoms with E-state index in [1.807, 2.05) is 4.90 Å². The number of anilines is 1. The first-order valence-corrected chi connectivity index (χ1v) is 6.13. The standard InChI is InChI=1S/C12H11F3N4O/c13-12(14,15)10-7-9-11(16-3-6-19(9)17-10)18-4-1-8(20)2-5-18/h3,6-7H,1-2,4-5H2. The van der Waals surface area contributed by atoms with E-state index in [-0.39, 0.29) is 5.78 Å². The van der Waals surface area contributed by atoms with Gasteiger partial charge in [0.25, 0.3) is 0 Å². The Hall–Kier alpha value is -2.12. The van der Waals surface area contributed by atoms with Crippen molar-refractivity contribution in [2.75, 3.05) is 18.0 Å².